The van der Waals surface area contributed by atoms with Gasteiger partial charge in [-0.25, -0.2) is 4.39 Å². The van der Waals surface area contributed by atoms with Crippen LogP contribution < -0.4 is 0 Å². The van der Waals surface area contributed by atoms with Gasteiger partial charge in [0.25, 0.3) is 0 Å². The fraction of sp³-hybridized carbons (Fsp3) is 0.100. The smallest absolute Gasteiger partial charge is 0.206 e. The van der Waals surface area contributed by atoms with Gasteiger partial charge in [0.15, 0.2) is 0 Å². The summed E-state index contributed by atoms with van der Waals surface area (Å²) in [4.78, 5) is 0. The van der Waals surface area contributed by atoms with Gasteiger partial charge in [-0.15, -0.1) is 0 Å². The summed E-state index contributed by atoms with van der Waals surface area (Å²) >= 11 is 5.46. The lowest BCUT2D eigenvalue weighted by Crippen LogP contribution is -2.05. The first-order valence-electron chi connectivity index (χ1n) is 3.98. The highest BCUT2D eigenvalue weighted by Crippen LogP contribution is 2.32. The molecule has 6 heteroatoms. The first-order valence-corrected chi connectivity index (χ1v) is 4.36. The van der Waals surface area contributed by atoms with Crippen LogP contribution in [0.15, 0.2) is 24.3 Å². The standard InChI is InChI=1S/C10H4ClF4N/c11-8(3-4-16)7-5-6(10(13,14)15)1-2-9(7)12/h1-3,5H. The van der Waals surface area contributed by atoms with E-state index in [1.54, 1.807) is 0 Å². The number of allylic oxidation sites excluding steroid dienone is 1. The molecule has 0 N–H and O–H groups in total. The first-order chi connectivity index (χ1) is 7.36. The third-order valence-corrected chi connectivity index (χ3v) is 2.05. The first kappa shape index (κ1) is 12.5. The highest BCUT2D eigenvalue weighted by atomic mass is 35.5. The van der Waals surface area contributed by atoms with Crippen LogP contribution in [0.1, 0.15) is 11.1 Å². The molecule has 0 spiro atoms. The van der Waals surface area contributed by atoms with Crippen molar-refractivity contribution in [2.75, 3.05) is 0 Å². The van der Waals surface area contributed by atoms with Crippen molar-refractivity contribution >= 4 is 16.6 Å². The average molecular weight is 250 g/mol. The number of alkyl halides is 3. The number of hydrogen-bond donors (Lipinski definition) is 0. The fourth-order valence-corrected chi connectivity index (χ4v) is 1.21. The van der Waals surface area contributed by atoms with Crippen molar-refractivity contribution in [1.29, 1.82) is 5.26 Å². The molecular weight excluding hydrogens is 246 g/mol. The lowest BCUT2D eigenvalue weighted by atomic mass is 10.1. The molecule has 0 saturated heterocycles. The predicted molar refractivity (Wildman–Crippen MR) is 50.8 cm³/mol. The van der Waals surface area contributed by atoms with E-state index in [0.717, 1.165) is 6.08 Å². The van der Waals surface area contributed by atoms with Gasteiger partial charge in [-0.3, -0.25) is 0 Å². The number of rotatable bonds is 1. The molecule has 0 aliphatic rings. The van der Waals surface area contributed by atoms with Crippen molar-refractivity contribution in [3.8, 4) is 6.07 Å². The van der Waals surface area contributed by atoms with E-state index in [-0.39, 0.29) is 5.03 Å². The summed E-state index contributed by atoms with van der Waals surface area (Å²) in [6.45, 7) is 0. The Morgan fingerprint density at radius 2 is 2.00 bits per heavy atom. The zero-order valence-electron chi connectivity index (χ0n) is 7.65. The van der Waals surface area contributed by atoms with Gasteiger partial charge in [-0.1, -0.05) is 11.6 Å². The summed E-state index contributed by atoms with van der Waals surface area (Å²) in [5.74, 6) is -0.912. The number of benzene rings is 1. The highest BCUT2D eigenvalue weighted by molar-refractivity contribution is 6.49. The van der Waals surface area contributed by atoms with E-state index in [9.17, 15) is 17.6 Å². The molecular formula is C10H4ClF4N. The maximum Gasteiger partial charge on any atom is 0.416 e. The summed E-state index contributed by atoms with van der Waals surface area (Å²) in [6.07, 6.45) is -3.81. The van der Waals surface area contributed by atoms with E-state index in [0.29, 0.717) is 18.2 Å². The third kappa shape index (κ3) is 2.74. The third-order valence-electron chi connectivity index (χ3n) is 1.74. The number of nitrogens with zero attached hydrogens (tertiary/aromatic N) is 1. The van der Waals surface area contributed by atoms with Crippen molar-refractivity contribution < 1.29 is 17.6 Å². The molecule has 0 bridgehead atoms. The van der Waals surface area contributed by atoms with Crippen molar-refractivity contribution in [2.45, 2.75) is 6.18 Å². The van der Waals surface area contributed by atoms with Gasteiger partial charge in [0.05, 0.1) is 16.7 Å². The monoisotopic (exact) mass is 249 g/mol. The number of nitriles is 1. The molecule has 0 heterocycles. The van der Waals surface area contributed by atoms with Crippen molar-refractivity contribution in [2.24, 2.45) is 0 Å². The Morgan fingerprint density at radius 1 is 1.38 bits per heavy atom. The van der Waals surface area contributed by atoms with Crippen molar-refractivity contribution in [3.05, 3.63) is 41.2 Å². The second-order valence-corrected chi connectivity index (χ2v) is 3.22. The fourth-order valence-electron chi connectivity index (χ4n) is 1.02. The quantitative estimate of drug-likeness (QED) is 0.546. The molecule has 0 unspecified atom stereocenters. The van der Waals surface area contributed by atoms with Crippen LogP contribution in [-0.2, 0) is 6.18 Å². The zero-order chi connectivity index (χ0) is 12.3. The van der Waals surface area contributed by atoms with E-state index in [2.05, 4.69) is 0 Å². The van der Waals surface area contributed by atoms with Crippen LogP contribution in [0, 0.1) is 17.1 Å². The zero-order valence-corrected chi connectivity index (χ0v) is 8.40. The Kier molecular flexibility index (Phi) is 3.55. The van der Waals surface area contributed by atoms with Crippen LogP contribution >= 0.6 is 11.6 Å². The Morgan fingerprint density at radius 3 is 2.50 bits per heavy atom. The predicted octanol–water partition coefficient (Wildman–Crippen LogP) is 3.95. The van der Waals surface area contributed by atoms with Crippen LogP contribution in [0.5, 0.6) is 0 Å². The minimum Gasteiger partial charge on any atom is -0.206 e. The van der Waals surface area contributed by atoms with E-state index >= 15 is 0 Å². The minimum atomic E-state index is -4.58. The van der Waals surface area contributed by atoms with Crippen molar-refractivity contribution in [1.82, 2.24) is 0 Å². The molecule has 0 radical (unpaired) electrons. The molecule has 1 aromatic rings. The van der Waals surface area contributed by atoms with Gasteiger partial charge in [0.1, 0.15) is 5.82 Å². The maximum atomic E-state index is 13.1. The van der Waals surface area contributed by atoms with Crippen LogP contribution in [0.25, 0.3) is 5.03 Å². The maximum absolute atomic E-state index is 13.1. The van der Waals surface area contributed by atoms with Crippen LogP contribution in [0.4, 0.5) is 17.6 Å². The molecule has 16 heavy (non-hydrogen) atoms. The lowest BCUT2D eigenvalue weighted by molar-refractivity contribution is -0.137. The van der Waals surface area contributed by atoms with Gasteiger partial charge < -0.3 is 0 Å². The van der Waals surface area contributed by atoms with Crippen molar-refractivity contribution in [3.63, 3.8) is 0 Å². The normalized spacial score (nSPS) is 12.4. The van der Waals surface area contributed by atoms with Crippen LogP contribution in [0.3, 0.4) is 0 Å². The largest absolute Gasteiger partial charge is 0.416 e. The summed E-state index contributed by atoms with van der Waals surface area (Å²) < 4.78 is 50.0. The van der Waals surface area contributed by atoms with Gasteiger partial charge in [-0.2, -0.15) is 18.4 Å². The van der Waals surface area contributed by atoms with Gasteiger partial charge in [0.2, 0.25) is 0 Å². The van der Waals surface area contributed by atoms with E-state index in [4.69, 9.17) is 16.9 Å². The van der Waals surface area contributed by atoms with Gasteiger partial charge >= 0.3 is 6.18 Å². The van der Waals surface area contributed by atoms with Crippen LogP contribution in [0.2, 0.25) is 0 Å². The molecule has 0 saturated carbocycles. The summed E-state index contributed by atoms with van der Waals surface area (Å²) in [5, 5.41) is 7.89. The van der Waals surface area contributed by atoms with E-state index in [1.165, 1.54) is 6.07 Å². The molecule has 1 rings (SSSR count). The Bertz CT molecular complexity index is 471. The Labute approximate surface area is 93.6 Å². The van der Waals surface area contributed by atoms with Gasteiger partial charge in [-0.05, 0) is 18.2 Å². The topological polar surface area (TPSA) is 23.8 Å². The average Bonchev–Trinajstić information content (AvgIpc) is 2.16. The molecule has 0 amide bonds. The molecule has 1 aromatic carbocycles. The van der Waals surface area contributed by atoms with E-state index in [1.807, 2.05) is 0 Å². The van der Waals surface area contributed by atoms with Gasteiger partial charge in [0, 0.05) is 11.6 Å². The van der Waals surface area contributed by atoms with E-state index < -0.39 is 23.1 Å². The second-order valence-electron chi connectivity index (χ2n) is 2.81. The highest BCUT2D eigenvalue weighted by Gasteiger charge is 2.31. The summed E-state index contributed by atoms with van der Waals surface area (Å²) in [5.41, 5.74) is -1.47. The molecule has 0 fully saturated rings. The van der Waals surface area contributed by atoms with Crippen LogP contribution in [-0.4, -0.2) is 0 Å². The molecule has 0 atom stereocenters. The molecule has 1 nitrogen and oxygen atoms in total. The lowest BCUT2D eigenvalue weighted by Gasteiger charge is -2.08. The summed E-state index contributed by atoms with van der Waals surface area (Å²) in [7, 11) is 0. The molecule has 84 valence electrons. The Balaban J connectivity index is 3.31. The molecule has 0 aliphatic carbocycles. The Hall–Kier alpha value is -1.54. The molecule has 0 aromatic heterocycles. The SMILES string of the molecule is N#CC=C(Cl)c1cc(C(F)(F)F)ccc1F. The second kappa shape index (κ2) is 4.54. The summed E-state index contributed by atoms with van der Waals surface area (Å²) in [6, 6.07) is 3.34. The number of hydrogen-bond acceptors (Lipinski definition) is 1. The minimum absolute atomic E-state index is 0.369. The number of halogens is 5. The molecule has 0 aliphatic heterocycles.